The van der Waals surface area contributed by atoms with Gasteiger partial charge in [0.2, 0.25) is 0 Å². The van der Waals surface area contributed by atoms with E-state index >= 15 is 0 Å². The van der Waals surface area contributed by atoms with E-state index in [0.717, 1.165) is 11.3 Å². The predicted molar refractivity (Wildman–Crippen MR) is 71.4 cm³/mol. The normalized spacial score (nSPS) is 10.3. The number of hydrogen-bond donors (Lipinski definition) is 3. The molecule has 94 valence electrons. The van der Waals surface area contributed by atoms with E-state index in [1.165, 1.54) is 0 Å². The Morgan fingerprint density at radius 3 is 2.89 bits per heavy atom. The molecule has 0 radical (unpaired) electrons. The average Bonchev–Trinajstić information content (AvgIpc) is 2.83. The standard InChI is InChI=1S/C13H13NO3S/c1-8-5-11(10(13(15)16)6-12(8)18)14-7-9-3-2-4-17-9/h2-6,14,18H,7H2,1H3,(H,15,16). The summed E-state index contributed by atoms with van der Waals surface area (Å²) in [5.74, 6) is -0.230. The van der Waals surface area contributed by atoms with Gasteiger partial charge >= 0.3 is 5.97 Å². The molecule has 0 aliphatic carbocycles. The predicted octanol–water partition coefficient (Wildman–Crippen LogP) is 3.19. The van der Waals surface area contributed by atoms with E-state index in [0.29, 0.717) is 17.1 Å². The summed E-state index contributed by atoms with van der Waals surface area (Å²) in [7, 11) is 0. The number of aryl methyl sites for hydroxylation is 1. The van der Waals surface area contributed by atoms with Gasteiger partial charge in [0.25, 0.3) is 0 Å². The first-order valence-electron chi connectivity index (χ1n) is 5.41. The molecule has 1 heterocycles. The Bertz CT molecular complexity index is 564. The first-order valence-corrected chi connectivity index (χ1v) is 5.86. The number of hydrogen-bond acceptors (Lipinski definition) is 4. The van der Waals surface area contributed by atoms with Gasteiger partial charge in [0.15, 0.2) is 0 Å². The molecule has 0 aliphatic rings. The molecule has 0 spiro atoms. The minimum Gasteiger partial charge on any atom is -0.478 e. The second-order valence-electron chi connectivity index (χ2n) is 3.92. The van der Waals surface area contributed by atoms with Crippen LogP contribution in [0, 0.1) is 6.92 Å². The van der Waals surface area contributed by atoms with Crippen LogP contribution in [-0.2, 0) is 6.54 Å². The highest BCUT2D eigenvalue weighted by Crippen LogP contribution is 2.24. The Labute approximate surface area is 110 Å². The van der Waals surface area contributed by atoms with Gasteiger partial charge in [-0.15, -0.1) is 12.6 Å². The van der Waals surface area contributed by atoms with Crippen LogP contribution in [0.1, 0.15) is 21.7 Å². The second-order valence-corrected chi connectivity index (χ2v) is 4.40. The summed E-state index contributed by atoms with van der Waals surface area (Å²) in [5.41, 5.74) is 1.69. The van der Waals surface area contributed by atoms with Gasteiger partial charge in [0.1, 0.15) is 5.76 Å². The van der Waals surface area contributed by atoms with Crippen LogP contribution in [-0.4, -0.2) is 11.1 Å². The number of benzene rings is 1. The third-order valence-electron chi connectivity index (χ3n) is 2.60. The number of aromatic carboxylic acids is 1. The van der Waals surface area contributed by atoms with Crippen LogP contribution >= 0.6 is 12.6 Å². The van der Waals surface area contributed by atoms with Crippen LogP contribution in [0.4, 0.5) is 5.69 Å². The van der Waals surface area contributed by atoms with E-state index in [-0.39, 0.29) is 5.56 Å². The number of carboxylic acids is 1. The fraction of sp³-hybridized carbons (Fsp3) is 0.154. The van der Waals surface area contributed by atoms with Gasteiger partial charge in [-0.25, -0.2) is 4.79 Å². The van der Waals surface area contributed by atoms with Gasteiger partial charge in [-0.05, 0) is 36.8 Å². The number of thiol groups is 1. The van der Waals surface area contributed by atoms with E-state index in [2.05, 4.69) is 17.9 Å². The molecule has 0 unspecified atom stereocenters. The van der Waals surface area contributed by atoms with Gasteiger partial charge in [0.05, 0.1) is 18.4 Å². The fourth-order valence-electron chi connectivity index (χ4n) is 1.62. The summed E-state index contributed by atoms with van der Waals surface area (Å²) < 4.78 is 5.18. The SMILES string of the molecule is Cc1cc(NCc2ccco2)c(C(=O)O)cc1S. The highest BCUT2D eigenvalue weighted by atomic mass is 32.1. The molecule has 18 heavy (non-hydrogen) atoms. The van der Waals surface area contributed by atoms with Crippen molar-refractivity contribution in [3.63, 3.8) is 0 Å². The van der Waals surface area contributed by atoms with E-state index in [4.69, 9.17) is 9.52 Å². The maximum Gasteiger partial charge on any atom is 0.337 e. The molecule has 0 saturated heterocycles. The molecule has 2 N–H and O–H groups in total. The highest BCUT2D eigenvalue weighted by molar-refractivity contribution is 7.80. The van der Waals surface area contributed by atoms with Gasteiger partial charge in [-0.1, -0.05) is 0 Å². The van der Waals surface area contributed by atoms with E-state index in [9.17, 15) is 4.79 Å². The average molecular weight is 263 g/mol. The number of furan rings is 1. The molecule has 1 aromatic carbocycles. The summed E-state index contributed by atoms with van der Waals surface area (Å²) >= 11 is 4.23. The molecule has 1 aromatic heterocycles. The minimum atomic E-state index is -0.979. The zero-order valence-electron chi connectivity index (χ0n) is 9.80. The molecular weight excluding hydrogens is 250 g/mol. The molecule has 0 amide bonds. The first kappa shape index (κ1) is 12.6. The largest absolute Gasteiger partial charge is 0.478 e. The third-order valence-corrected chi connectivity index (χ3v) is 3.08. The number of carbonyl (C=O) groups is 1. The van der Waals surface area contributed by atoms with Crippen LogP contribution in [0.15, 0.2) is 39.8 Å². The Kier molecular flexibility index (Phi) is 3.62. The summed E-state index contributed by atoms with van der Waals surface area (Å²) in [6.45, 7) is 2.32. The number of nitrogens with one attached hydrogen (secondary N) is 1. The van der Waals surface area contributed by atoms with Crippen molar-refractivity contribution < 1.29 is 14.3 Å². The Morgan fingerprint density at radius 2 is 2.28 bits per heavy atom. The fourth-order valence-corrected chi connectivity index (χ4v) is 1.81. The number of anilines is 1. The van der Waals surface area contributed by atoms with E-state index in [1.807, 2.05) is 13.0 Å². The quantitative estimate of drug-likeness (QED) is 0.741. The van der Waals surface area contributed by atoms with Crippen molar-refractivity contribution in [2.45, 2.75) is 18.4 Å². The van der Waals surface area contributed by atoms with Crippen molar-refractivity contribution in [1.29, 1.82) is 0 Å². The third kappa shape index (κ3) is 2.68. The monoisotopic (exact) mass is 263 g/mol. The van der Waals surface area contributed by atoms with Crippen LogP contribution in [0.5, 0.6) is 0 Å². The lowest BCUT2D eigenvalue weighted by atomic mass is 10.1. The maximum absolute atomic E-state index is 11.1. The molecule has 0 atom stereocenters. The van der Waals surface area contributed by atoms with Crippen LogP contribution in [0.2, 0.25) is 0 Å². The molecule has 0 bridgehead atoms. The lowest BCUT2D eigenvalue weighted by Crippen LogP contribution is -2.06. The molecule has 4 nitrogen and oxygen atoms in total. The zero-order chi connectivity index (χ0) is 13.1. The van der Waals surface area contributed by atoms with E-state index < -0.39 is 5.97 Å². The minimum absolute atomic E-state index is 0.206. The van der Waals surface area contributed by atoms with Gasteiger partial charge in [-0.3, -0.25) is 0 Å². The summed E-state index contributed by atoms with van der Waals surface area (Å²) in [6.07, 6.45) is 1.58. The van der Waals surface area contributed by atoms with E-state index in [1.54, 1.807) is 24.5 Å². The van der Waals surface area contributed by atoms with Crippen molar-refractivity contribution in [3.05, 3.63) is 47.4 Å². The summed E-state index contributed by atoms with van der Waals surface area (Å²) in [4.78, 5) is 11.8. The zero-order valence-corrected chi connectivity index (χ0v) is 10.7. The lowest BCUT2D eigenvalue weighted by molar-refractivity contribution is 0.0697. The van der Waals surface area contributed by atoms with Gasteiger partial charge < -0.3 is 14.8 Å². The van der Waals surface area contributed by atoms with Crippen molar-refractivity contribution in [3.8, 4) is 0 Å². The van der Waals surface area contributed by atoms with Crippen LogP contribution < -0.4 is 5.32 Å². The van der Waals surface area contributed by atoms with Crippen molar-refractivity contribution >= 4 is 24.3 Å². The van der Waals surface area contributed by atoms with Crippen molar-refractivity contribution in [2.24, 2.45) is 0 Å². The number of rotatable bonds is 4. The molecule has 0 fully saturated rings. The topological polar surface area (TPSA) is 62.5 Å². The second kappa shape index (κ2) is 5.18. The Morgan fingerprint density at radius 1 is 1.50 bits per heavy atom. The van der Waals surface area contributed by atoms with Crippen molar-refractivity contribution in [2.75, 3.05) is 5.32 Å². The lowest BCUT2D eigenvalue weighted by Gasteiger charge is -2.11. The highest BCUT2D eigenvalue weighted by Gasteiger charge is 2.12. The van der Waals surface area contributed by atoms with Crippen LogP contribution in [0.25, 0.3) is 0 Å². The molecular formula is C13H13NO3S. The van der Waals surface area contributed by atoms with Gasteiger partial charge in [-0.2, -0.15) is 0 Å². The molecule has 2 rings (SSSR count). The molecule has 0 aliphatic heterocycles. The number of carboxylic acid groups (broad SMARTS) is 1. The Hall–Kier alpha value is -1.88. The van der Waals surface area contributed by atoms with Gasteiger partial charge in [0, 0.05) is 10.6 Å². The van der Waals surface area contributed by atoms with Crippen molar-refractivity contribution in [1.82, 2.24) is 0 Å². The smallest absolute Gasteiger partial charge is 0.337 e. The Balaban J connectivity index is 2.25. The molecule has 2 aromatic rings. The maximum atomic E-state index is 11.1. The molecule has 0 saturated carbocycles. The summed E-state index contributed by atoms with van der Waals surface area (Å²) in [6, 6.07) is 6.93. The van der Waals surface area contributed by atoms with Crippen LogP contribution in [0.3, 0.4) is 0 Å². The first-order chi connectivity index (χ1) is 8.58. The summed E-state index contributed by atoms with van der Waals surface area (Å²) in [5, 5.41) is 12.2. The molecule has 5 heteroatoms.